The minimum Gasteiger partial charge on any atom is -0.493 e. The lowest BCUT2D eigenvalue weighted by Gasteiger charge is -2.32. The van der Waals surface area contributed by atoms with Gasteiger partial charge in [-0.15, -0.1) is 0 Å². The highest BCUT2D eigenvalue weighted by Gasteiger charge is 2.20. The Bertz CT molecular complexity index is 909. The lowest BCUT2D eigenvalue weighted by molar-refractivity contribution is -0.118. The predicted molar refractivity (Wildman–Crippen MR) is 129 cm³/mol. The van der Waals surface area contributed by atoms with Crippen LogP contribution >= 0.6 is 23.4 Å². The average molecular weight is 479 g/mol. The van der Waals surface area contributed by atoms with E-state index in [1.54, 1.807) is 20.3 Å². The molecule has 174 valence electrons. The number of amides is 1. The van der Waals surface area contributed by atoms with Crippen LogP contribution in [0.25, 0.3) is 0 Å². The van der Waals surface area contributed by atoms with Crippen LogP contribution in [0.4, 0.5) is 5.82 Å². The Morgan fingerprint density at radius 3 is 2.62 bits per heavy atom. The van der Waals surface area contributed by atoms with Gasteiger partial charge in [0.1, 0.15) is 11.0 Å². The van der Waals surface area contributed by atoms with Gasteiger partial charge in [-0.05, 0) is 37.0 Å². The molecule has 0 bridgehead atoms. The maximum Gasteiger partial charge on any atom is 0.230 e. The summed E-state index contributed by atoms with van der Waals surface area (Å²) in [7, 11) is 5.27. The van der Waals surface area contributed by atoms with E-state index in [1.807, 2.05) is 18.2 Å². The molecule has 0 radical (unpaired) electrons. The van der Waals surface area contributed by atoms with E-state index in [2.05, 4.69) is 27.2 Å². The molecule has 1 fully saturated rings. The van der Waals surface area contributed by atoms with Crippen LogP contribution in [0.15, 0.2) is 29.4 Å². The summed E-state index contributed by atoms with van der Waals surface area (Å²) in [6, 6.07) is 8.02. The number of carbonyl (C=O) groups is 1. The van der Waals surface area contributed by atoms with Gasteiger partial charge in [-0.2, -0.15) is 0 Å². The number of nitrogens with one attached hydrogen (secondary N) is 1. The van der Waals surface area contributed by atoms with Crippen molar-refractivity contribution in [3.05, 3.63) is 35.0 Å². The molecule has 0 unspecified atom stereocenters. The Kier molecular flexibility index (Phi) is 9.29. The second-order valence-corrected chi connectivity index (χ2v) is 9.14. The largest absolute Gasteiger partial charge is 0.493 e. The molecule has 0 saturated heterocycles. The Morgan fingerprint density at radius 1 is 1.16 bits per heavy atom. The number of carbonyl (C=O) groups excluding carboxylic acids is 1. The van der Waals surface area contributed by atoms with Crippen molar-refractivity contribution >= 4 is 35.1 Å². The Balaban J connectivity index is 1.48. The molecule has 0 aliphatic heterocycles. The van der Waals surface area contributed by atoms with Gasteiger partial charge < -0.3 is 19.7 Å². The molecule has 32 heavy (non-hydrogen) atoms. The summed E-state index contributed by atoms with van der Waals surface area (Å²) < 4.78 is 10.6. The monoisotopic (exact) mass is 478 g/mol. The number of hydrogen-bond acceptors (Lipinski definition) is 7. The molecule has 0 atom stereocenters. The summed E-state index contributed by atoms with van der Waals surface area (Å²) in [5.41, 5.74) is 1.06. The van der Waals surface area contributed by atoms with Crippen molar-refractivity contribution in [1.29, 1.82) is 0 Å². The molecular weight excluding hydrogens is 448 g/mol. The smallest absolute Gasteiger partial charge is 0.230 e. The van der Waals surface area contributed by atoms with Crippen molar-refractivity contribution in [3.8, 4) is 11.5 Å². The first-order chi connectivity index (χ1) is 15.5. The molecular formula is C23H31ClN4O3S. The second-order valence-electron chi connectivity index (χ2n) is 7.81. The topological polar surface area (TPSA) is 76.6 Å². The summed E-state index contributed by atoms with van der Waals surface area (Å²) >= 11 is 7.53. The molecule has 1 amide bonds. The summed E-state index contributed by atoms with van der Waals surface area (Å²) in [5, 5.41) is 3.86. The average Bonchev–Trinajstić information content (AvgIpc) is 2.82. The molecule has 1 N–H and O–H groups in total. The summed E-state index contributed by atoms with van der Waals surface area (Å²) in [6.07, 6.45) is 6.84. The number of anilines is 1. The molecule has 9 heteroatoms. The summed E-state index contributed by atoms with van der Waals surface area (Å²) in [5.74, 6) is 2.35. The standard InChI is InChI=1S/C23H31ClN4O3S/c1-28(17-7-5-4-6-8-17)21-14-20(24)26-23(27-21)32-15-22(29)25-12-11-16-9-10-18(30-2)19(13-16)31-3/h9-10,13-14,17H,4-8,11-12,15H2,1-3H3,(H,25,29). The third kappa shape index (κ3) is 6.90. The van der Waals surface area contributed by atoms with Gasteiger partial charge in [0.15, 0.2) is 16.7 Å². The normalized spacial score (nSPS) is 14.1. The number of hydrogen-bond donors (Lipinski definition) is 1. The van der Waals surface area contributed by atoms with Gasteiger partial charge in [-0.3, -0.25) is 4.79 Å². The molecule has 0 spiro atoms. The van der Waals surface area contributed by atoms with E-state index in [4.69, 9.17) is 21.1 Å². The van der Waals surface area contributed by atoms with E-state index in [0.717, 1.165) is 11.4 Å². The zero-order valence-electron chi connectivity index (χ0n) is 18.9. The molecule has 1 aromatic heterocycles. The minimum atomic E-state index is -0.0683. The Morgan fingerprint density at radius 2 is 1.91 bits per heavy atom. The maximum absolute atomic E-state index is 12.3. The fourth-order valence-electron chi connectivity index (χ4n) is 3.85. The SMILES string of the molecule is COc1ccc(CCNC(=O)CSc2nc(Cl)cc(N(C)C3CCCCC3)n2)cc1OC. The summed E-state index contributed by atoms with van der Waals surface area (Å²) in [4.78, 5) is 23.4. The fraction of sp³-hybridized carbons (Fsp3) is 0.522. The molecule has 7 nitrogen and oxygen atoms in total. The van der Waals surface area contributed by atoms with Crippen LogP contribution in [0.5, 0.6) is 11.5 Å². The lowest BCUT2D eigenvalue weighted by atomic mass is 9.94. The van der Waals surface area contributed by atoms with Gasteiger partial charge in [0.25, 0.3) is 0 Å². The number of methoxy groups -OCH3 is 2. The number of rotatable bonds is 10. The van der Waals surface area contributed by atoms with Crippen LogP contribution in [0, 0.1) is 0 Å². The van der Waals surface area contributed by atoms with Crippen molar-refractivity contribution < 1.29 is 14.3 Å². The van der Waals surface area contributed by atoms with Gasteiger partial charge >= 0.3 is 0 Å². The highest BCUT2D eigenvalue weighted by atomic mass is 35.5. The third-order valence-electron chi connectivity index (χ3n) is 5.66. The van der Waals surface area contributed by atoms with E-state index < -0.39 is 0 Å². The van der Waals surface area contributed by atoms with Gasteiger partial charge in [-0.1, -0.05) is 48.7 Å². The van der Waals surface area contributed by atoms with Gasteiger partial charge in [0.05, 0.1) is 20.0 Å². The highest BCUT2D eigenvalue weighted by molar-refractivity contribution is 7.99. The first kappa shape index (κ1) is 24.5. The van der Waals surface area contributed by atoms with Crippen molar-refractivity contribution in [1.82, 2.24) is 15.3 Å². The van der Waals surface area contributed by atoms with Gasteiger partial charge in [-0.25, -0.2) is 9.97 Å². The quantitative estimate of drug-likeness (QED) is 0.308. The van der Waals surface area contributed by atoms with Crippen molar-refractivity contribution in [2.75, 3.05) is 38.5 Å². The maximum atomic E-state index is 12.3. The number of ether oxygens (including phenoxy) is 2. The number of thioether (sulfide) groups is 1. The van der Waals surface area contributed by atoms with Crippen LogP contribution in [0.3, 0.4) is 0 Å². The first-order valence-corrected chi connectivity index (χ1v) is 12.2. The van der Waals surface area contributed by atoms with Crippen LogP contribution in [0.1, 0.15) is 37.7 Å². The molecule has 1 saturated carbocycles. The number of halogens is 1. The fourth-order valence-corrected chi connectivity index (χ4v) is 4.76. The van der Waals surface area contributed by atoms with Gasteiger partial charge in [0, 0.05) is 25.7 Å². The molecule has 1 aromatic carbocycles. The van der Waals surface area contributed by atoms with E-state index >= 15 is 0 Å². The third-order valence-corrected chi connectivity index (χ3v) is 6.70. The molecule has 1 aliphatic carbocycles. The van der Waals surface area contributed by atoms with E-state index in [0.29, 0.717) is 40.8 Å². The lowest BCUT2D eigenvalue weighted by Crippen LogP contribution is -2.34. The second kappa shape index (κ2) is 12.2. The van der Waals surface area contributed by atoms with Crippen LogP contribution in [0.2, 0.25) is 5.15 Å². The molecule has 3 rings (SSSR count). The zero-order chi connectivity index (χ0) is 22.9. The van der Waals surface area contributed by atoms with Crippen LogP contribution in [-0.2, 0) is 11.2 Å². The highest BCUT2D eigenvalue weighted by Crippen LogP contribution is 2.28. The zero-order valence-corrected chi connectivity index (χ0v) is 20.5. The Hall–Kier alpha value is -2.19. The van der Waals surface area contributed by atoms with Gasteiger partial charge in [0.2, 0.25) is 5.91 Å². The number of aromatic nitrogens is 2. The van der Waals surface area contributed by atoms with Crippen molar-refractivity contribution in [2.24, 2.45) is 0 Å². The first-order valence-electron chi connectivity index (χ1n) is 10.9. The van der Waals surface area contributed by atoms with E-state index in [1.165, 1.54) is 43.9 Å². The van der Waals surface area contributed by atoms with E-state index in [9.17, 15) is 4.79 Å². The molecule has 1 heterocycles. The van der Waals surface area contributed by atoms with Crippen molar-refractivity contribution in [3.63, 3.8) is 0 Å². The Labute approximate surface area is 199 Å². The van der Waals surface area contributed by atoms with Crippen LogP contribution in [-0.4, -0.2) is 55.5 Å². The number of nitrogens with zero attached hydrogens (tertiary/aromatic N) is 3. The molecule has 2 aromatic rings. The predicted octanol–water partition coefficient (Wildman–Crippen LogP) is 4.37. The molecule has 1 aliphatic rings. The summed E-state index contributed by atoms with van der Waals surface area (Å²) in [6.45, 7) is 0.529. The van der Waals surface area contributed by atoms with E-state index in [-0.39, 0.29) is 11.7 Å². The minimum absolute atomic E-state index is 0.0683. The number of benzene rings is 1. The van der Waals surface area contributed by atoms with Crippen molar-refractivity contribution in [2.45, 2.75) is 49.7 Å². The van der Waals surface area contributed by atoms with Crippen LogP contribution < -0.4 is 19.7 Å².